The lowest BCUT2D eigenvalue weighted by molar-refractivity contribution is 0.410. The van der Waals surface area contributed by atoms with E-state index in [2.05, 4.69) is 18.0 Å². The van der Waals surface area contributed by atoms with Gasteiger partial charge in [-0.2, -0.15) is 0 Å². The smallest absolute Gasteiger partial charge is 0.273 e. The highest BCUT2D eigenvalue weighted by atomic mass is 32.1. The number of ether oxygens (including phenoxy) is 2. The van der Waals surface area contributed by atoms with Crippen LogP contribution in [0, 0.1) is 0 Å². The number of hydrogen-bond acceptors (Lipinski definition) is 4. The van der Waals surface area contributed by atoms with Crippen molar-refractivity contribution < 1.29 is 9.47 Å². The lowest BCUT2D eigenvalue weighted by atomic mass is 10.1. The predicted molar refractivity (Wildman–Crippen MR) is 70.0 cm³/mol. The molecule has 0 atom stereocenters. The molecule has 3 nitrogen and oxygen atoms in total. The minimum atomic E-state index is 0.689. The van der Waals surface area contributed by atoms with E-state index in [1.807, 2.05) is 17.5 Å². The second-order valence-corrected chi connectivity index (χ2v) is 4.40. The van der Waals surface area contributed by atoms with Gasteiger partial charge in [-0.25, -0.2) is 4.98 Å². The van der Waals surface area contributed by atoms with E-state index in [9.17, 15) is 0 Å². The maximum atomic E-state index is 5.31. The molecule has 0 fully saturated rings. The summed E-state index contributed by atoms with van der Waals surface area (Å²) in [5.74, 6) is 0.929. The van der Waals surface area contributed by atoms with Gasteiger partial charge in [0, 0.05) is 10.9 Å². The molecule has 0 aliphatic carbocycles. The molecule has 0 spiro atoms. The second kappa shape index (κ2) is 5.19. The average Bonchev–Trinajstić information content (AvgIpc) is 2.86. The maximum absolute atomic E-state index is 5.31. The Hall–Kier alpha value is -1.55. The molecule has 1 aromatic heterocycles. The Balaban J connectivity index is 2.38. The van der Waals surface area contributed by atoms with Crippen LogP contribution in [0.25, 0.3) is 11.3 Å². The summed E-state index contributed by atoms with van der Waals surface area (Å²) in [4.78, 5) is 4.39. The van der Waals surface area contributed by atoms with Gasteiger partial charge in [-0.3, -0.25) is 0 Å². The molecule has 1 heterocycles. The van der Waals surface area contributed by atoms with Crippen molar-refractivity contribution in [2.75, 3.05) is 14.2 Å². The van der Waals surface area contributed by atoms with Crippen molar-refractivity contribution in [3.63, 3.8) is 0 Å². The van der Waals surface area contributed by atoms with Crippen molar-refractivity contribution in [2.24, 2.45) is 0 Å². The minimum Gasteiger partial charge on any atom is -0.496 e. The Kier molecular flexibility index (Phi) is 3.64. The zero-order chi connectivity index (χ0) is 12.3. The largest absolute Gasteiger partial charge is 0.496 e. The van der Waals surface area contributed by atoms with Gasteiger partial charge in [0.25, 0.3) is 5.19 Å². The van der Waals surface area contributed by atoms with Crippen LogP contribution in [0.1, 0.15) is 12.5 Å². The first-order chi connectivity index (χ1) is 8.28. The van der Waals surface area contributed by atoms with Gasteiger partial charge in [0.2, 0.25) is 0 Å². The van der Waals surface area contributed by atoms with Gasteiger partial charge >= 0.3 is 0 Å². The van der Waals surface area contributed by atoms with Crippen LogP contribution in [0.15, 0.2) is 23.6 Å². The maximum Gasteiger partial charge on any atom is 0.273 e. The Morgan fingerprint density at radius 2 is 2.06 bits per heavy atom. The summed E-state index contributed by atoms with van der Waals surface area (Å²) in [6.45, 7) is 2.11. The molecule has 0 saturated carbocycles. The summed E-state index contributed by atoms with van der Waals surface area (Å²) in [6.07, 6.45) is 0.943. The van der Waals surface area contributed by atoms with E-state index in [0.29, 0.717) is 5.19 Å². The summed E-state index contributed by atoms with van der Waals surface area (Å²) in [7, 11) is 3.33. The summed E-state index contributed by atoms with van der Waals surface area (Å²) >= 11 is 1.50. The molecule has 0 N–H and O–H groups in total. The predicted octanol–water partition coefficient (Wildman–Crippen LogP) is 3.39. The van der Waals surface area contributed by atoms with Gasteiger partial charge in [0.05, 0.1) is 19.9 Å². The van der Waals surface area contributed by atoms with Crippen molar-refractivity contribution in [1.29, 1.82) is 0 Å². The summed E-state index contributed by atoms with van der Waals surface area (Å²) in [6, 6.07) is 6.12. The Morgan fingerprint density at radius 1 is 1.24 bits per heavy atom. The van der Waals surface area contributed by atoms with E-state index >= 15 is 0 Å². The first-order valence-corrected chi connectivity index (χ1v) is 6.33. The SMILES string of the molecule is CCc1cc(-c2csc(OC)n2)ccc1OC. The first-order valence-electron chi connectivity index (χ1n) is 5.45. The van der Waals surface area contributed by atoms with Gasteiger partial charge in [-0.1, -0.05) is 18.3 Å². The lowest BCUT2D eigenvalue weighted by Gasteiger charge is -2.07. The molecule has 0 amide bonds. The lowest BCUT2D eigenvalue weighted by Crippen LogP contribution is -1.91. The van der Waals surface area contributed by atoms with E-state index < -0.39 is 0 Å². The summed E-state index contributed by atoms with van der Waals surface area (Å²) in [5.41, 5.74) is 3.24. The number of methoxy groups -OCH3 is 2. The molecule has 1 aromatic carbocycles. The van der Waals surface area contributed by atoms with E-state index in [4.69, 9.17) is 9.47 Å². The quantitative estimate of drug-likeness (QED) is 0.832. The molecule has 17 heavy (non-hydrogen) atoms. The Labute approximate surface area is 105 Å². The summed E-state index contributed by atoms with van der Waals surface area (Å²) < 4.78 is 10.4. The number of hydrogen-bond donors (Lipinski definition) is 0. The van der Waals surface area contributed by atoms with Gasteiger partial charge < -0.3 is 9.47 Å². The number of thiazole rings is 1. The van der Waals surface area contributed by atoms with E-state index in [1.54, 1.807) is 14.2 Å². The van der Waals surface area contributed by atoms with Gasteiger partial charge in [0.15, 0.2) is 0 Å². The summed E-state index contributed by atoms with van der Waals surface area (Å²) in [5, 5.41) is 2.69. The molecular weight excluding hydrogens is 234 g/mol. The fourth-order valence-corrected chi connectivity index (χ4v) is 2.35. The van der Waals surface area contributed by atoms with Crippen molar-refractivity contribution in [1.82, 2.24) is 4.98 Å². The number of aryl methyl sites for hydroxylation is 1. The molecule has 0 unspecified atom stereocenters. The third kappa shape index (κ3) is 2.42. The van der Waals surface area contributed by atoms with Gasteiger partial charge in [-0.15, -0.1) is 0 Å². The molecule has 0 radical (unpaired) electrons. The van der Waals surface area contributed by atoms with Crippen LogP contribution >= 0.6 is 11.3 Å². The molecule has 0 saturated heterocycles. The van der Waals surface area contributed by atoms with E-state index in [1.165, 1.54) is 16.9 Å². The van der Waals surface area contributed by atoms with Crippen LogP contribution in [-0.4, -0.2) is 19.2 Å². The topological polar surface area (TPSA) is 31.4 Å². The van der Waals surface area contributed by atoms with E-state index in [-0.39, 0.29) is 0 Å². The van der Waals surface area contributed by atoms with Crippen LogP contribution in [0.3, 0.4) is 0 Å². The molecule has 2 rings (SSSR count). The van der Waals surface area contributed by atoms with Crippen molar-refractivity contribution in [3.8, 4) is 22.2 Å². The zero-order valence-corrected chi connectivity index (χ0v) is 11.0. The van der Waals surface area contributed by atoms with Gasteiger partial charge in [0.1, 0.15) is 5.75 Å². The third-order valence-corrected chi connectivity index (χ3v) is 3.42. The van der Waals surface area contributed by atoms with Crippen molar-refractivity contribution >= 4 is 11.3 Å². The number of aromatic nitrogens is 1. The Morgan fingerprint density at radius 3 is 2.65 bits per heavy atom. The van der Waals surface area contributed by atoms with Crippen LogP contribution in [0.5, 0.6) is 10.9 Å². The number of benzene rings is 1. The zero-order valence-electron chi connectivity index (χ0n) is 10.2. The van der Waals surface area contributed by atoms with E-state index in [0.717, 1.165) is 23.4 Å². The highest BCUT2D eigenvalue weighted by Crippen LogP contribution is 2.29. The highest BCUT2D eigenvalue weighted by Gasteiger charge is 2.07. The van der Waals surface area contributed by atoms with Crippen molar-refractivity contribution in [3.05, 3.63) is 29.1 Å². The highest BCUT2D eigenvalue weighted by molar-refractivity contribution is 7.11. The standard InChI is InChI=1S/C13H15NO2S/c1-4-9-7-10(5-6-12(9)15-2)11-8-17-13(14-11)16-3/h5-8H,4H2,1-3H3. The third-order valence-electron chi connectivity index (χ3n) is 2.61. The van der Waals surface area contributed by atoms with Crippen LogP contribution in [0.2, 0.25) is 0 Å². The average molecular weight is 249 g/mol. The van der Waals surface area contributed by atoms with Crippen LogP contribution < -0.4 is 9.47 Å². The fourth-order valence-electron chi connectivity index (χ4n) is 1.70. The van der Waals surface area contributed by atoms with Crippen LogP contribution in [0.4, 0.5) is 0 Å². The molecule has 90 valence electrons. The fraction of sp³-hybridized carbons (Fsp3) is 0.308. The number of rotatable bonds is 4. The number of nitrogens with zero attached hydrogens (tertiary/aromatic N) is 1. The normalized spacial score (nSPS) is 10.3. The Bertz CT molecular complexity index is 508. The van der Waals surface area contributed by atoms with Crippen molar-refractivity contribution in [2.45, 2.75) is 13.3 Å². The molecular formula is C13H15NO2S. The molecule has 0 aliphatic heterocycles. The second-order valence-electron chi connectivity index (χ2n) is 3.58. The molecule has 2 aromatic rings. The van der Waals surface area contributed by atoms with Crippen LogP contribution in [-0.2, 0) is 6.42 Å². The first kappa shape index (κ1) is 11.9. The minimum absolute atomic E-state index is 0.689. The molecule has 0 aliphatic rings. The molecule has 0 bridgehead atoms. The van der Waals surface area contributed by atoms with Gasteiger partial charge in [-0.05, 0) is 30.2 Å². The molecule has 4 heteroatoms. The monoisotopic (exact) mass is 249 g/mol.